The van der Waals surface area contributed by atoms with Crippen molar-refractivity contribution in [2.75, 3.05) is 6.54 Å². The SMILES string of the molecule is O=C(NCC(O)c1ccc(F)cc1)c1cc2c(s1)CCC2. The van der Waals surface area contributed by atoms with Crippen LogP contribution in [0.4, 0.5) is 4.39 Å². The Morgan fingerprint density at radius 1 is 1.33 bits per heavy atom. The number of hydrogen-bond acceptors (Lipinski definition) is 3. The summed E-state index contributed by atoms with van der Waals surface area (Å²) in [4.78, 5) is 14.1. The van der Waals surface area contributed by atoms with E-state index in [1.54, 1.807) is 0 Å². The fourth-order valence-corrected chi connectivity index (χ4v) is 3.69. The minimum atomic E-state index is -0.832. The third-order valence-electron chi connectivity index (χ3n) is 3.68. The van der Waals surface area contributed by atoms with Crippen molar-refractivity contribution >= 4 is 17.2 Å². The smallest absolute Gasteiger partial charge is 0.261 e. The third kappa shape index (κ3) is 3.14. The molecule has 1 atom stereocenters. The molecule has 5 heteroatoms. The third-order valence-corrected chi connectivity index (χ3v) is 4.92. The lowest BCUT2D eigenvalue weighted by Crippen LogP contribution is -2.27. The van der Waals surface area contributed by atoms with Crippen LogP contribution in [0, 0.1) is 5.82 Å². The van der Waals surface area contributed by atoms with Crippen LogP contribution < -0.4 is 5.32 Å². The molecule has 0 fully saturated rings. The van der Waals surface area contributed by atoms with Gasteiger partial charge in [-0.25, -0.2) is 4.39 Å². The van der Waals surface area contributed by atoms with Gasteiger partial charge in [0.15, 0.2) is 0 Å². The van der Waals surface area contributed by atoms with Crippen LogP contribution in [0.25, 0.3) is 0 Å². The summed E-state index contributed by atoms with van der Waals surface area (Å²) in [6, 6.07) is 7.58. The van der Waals surface area contributed by atoms with E-state index in [2.05, 4.69) is 5.32 Å². The first-order valence-corrected chi connectivity index (χ1v) is 7.78. The number of hydrogen-bond donors (Lipinski definition) is 2. The van der Waals surface area contributed by atoms with Crippen molar-refractivity contribution in [3.05, 3.63) is 57.0 Å². The fraction of sp³-hybridized carbons (Fsp3) is 0.312. The molecule has 1 aliphatic rings. The number of aliphatic hydroxyl groups is 1. The maximum absolute atomic E-state index is 12.8. The molecule has 3 nitrogen and oxygen atoms in total. The van der Waals surface area contributed by atoms with Crippen LogP contribution in [0.2, 0.25) is 0 Å². The predicted molar refractivity (Wildman–Crippen MR) is 80.0 cm³/mol. The van der Waals surface area contributed by atoms with E-state index in [-0.39, 0.29) is 18.3 Å². The molecule has 0 radical (unpaired) electrons. The van der Waals surface area contributed by atoms with Gasteiger partial charge in [0, 0.05) is 11.4 Å². The number of thiophene rings is 1. The highest BCUT2D eigenvalue weighted by Crippen LogP contribution is 2.30. The molecule has 0 aliphatic heterocycles. The molecule has 0 saturated heterocycles. The zero-order chi connectivity index (χ0) is 14.8. The molecule has 0 bridgehead atoms. The van der Waals surface area contributed by atoms with Gasteiger partial charge >= 0.3 is 0 Å². The van der Waals surface area contributed by atoms with Gasteiger partial charge in [-0.2, -0.15) is 0 Å². The average molecular weight is 305 g/mol. The number of aliphatic hydroxyl groups excluding tert-OH is 1. The van der Waals surface area contributed by atoms with Gasteiger partial charge < -0.3 is 10.4 Å². The number of carbonyl (C=O) groups excluding carboxylic acids is 1. The molecule has 1 aliphatic carbocycles. The molecule has 1 amide bonds. The van der Waals surface area contributed by atoms with Crippen LogP contribution in [-0.2, 0) is 12.8 Å². The minimum absolute atomic E-state index is 0.118. The summed E-state index contributed by atoms with van der Waals surface area (Å²) >= 11 is 1.54. The molecule has 1 aromatic heterocycles. The fourth-order valence-electron chi connectivity index (χ4n) is 2.52. The van der Waals surface area contributed by atoms with Gasteiger partial charge in [-0.1, -0.05) is 12.1 Å². The van der Waals surface area contributed by atoms with Gasteiger partial charge in [-0.15, -0.1) is 11.3 Å². The van der Waals surface area contributed by atoms with E-state index in [0.717, 1.165) is 12.8 Å². The van der Waals surface area contributed by atoms with Crippen molar-refractivity contribution in [2.45, 2.75) is 25.4 Å². The standard InChI is InChI=1S/C16H16FNO2S/c17-12-6-4-10(5-7-12)13(19)9-18-16(20)15-8-11-2-1-3-14(11)21-15/h4-8,13,19H,1-3,9H2,(H,18,20). The number of nitrogens with one attached hydrogen (secondary N) is 1. The summed E-state index contributed by atoms with van der Waals surface area (Å²) in [5, 5.41) is 12.7. The Hall–Kier alpha value is -1.72. The van der Waals surface area contributed by atoms with Gasteiger partial charge in [-0.3, -0.25) is 4.79 Å². The van der Waals surface area contributed by atoms with E-state index in [9.17, 15) is 14.3 Å². The van der Waals surface area contributed by atoms with Gasteiger partial charge in [-0.05, 0) is 48.6 Å². The van der Waals surface area contributed by atoms with Gasteiger partial charge in [0.05, 0.1) is 11.0 Å². The van der Waals surface area contributed by atoms with Crippen LogP contribution in [0.15, 0.2) is 30.3 Å². The van der Waals surface area contributed by atoms with Crippen LogP contribution in [0.1, 0.15) is 38.2 Å². The topological polar surface area (TPSA) is 49.3 Å². The zero-order valence-corrected chi connectivity index (χ0v) is 12.3. The lowest BCUT2D eigenvalue weighted by molar-refractivity contribution is 0.0920. The highest BCUT2D eigenvalue weighted by Gasteiger charge is 2.19. The Balaban J connectivity index is 1.58. The number of aryl methyl sites for hydroxylation is 2. The van der Waals surface area contributed by atoms with E-state index in [4.69, 9.17) is 0 Å². The van der Waals surface area contributed by atoms with Crippen LogP contribution >= 0.6 is 11.3 Å². The number of halogens is 1. The molecule has 1 unspecified atom stereocenters. The minimum Gasteiger partial charge on any atom is -0.387 e. The molecular weight excluding hydrogens is 289 g/mol. The maximum atomic E-state index is 12.8. The molecular formula is C16H16FNO2S. The van der Waals surface area contributed by atoms with Crippen LogP contribution in [0.3, 0.4) is 0 Å². The Labute approximate surface area is 126 Å². The van der Waals surface area contributed by atoms with Gasteiger partial charge in [0.25, 0.3) is 5.91 Å². The van der Waals surface area contributed by atoms with Crippen molar-refractivity contribution in [1.82, 2.24) is 5.32 Å². The number of rotatable bonds is 4. The van der Waals surface area contributed by atoms with Crippen LogP contribution in [0.5, 0.6) is 0 Å². The Kier molecular flexibility index (Phi) is 4.03. The monoisotopic (exact) mass is 305 g/mol. The lowest BCUT2D eigenvalue weighted by Gasteiger charge is -2.11. The average Bonchev–Trinajstić information content (AvgIpc) is 3.06. The molecule has 1 heterocycles. The molecule has 2 aromatic rings. The number of carbonyl (C=O) groups is 1. The first-order chi connectivity index (χ1) is 10.1. The second-order valence-corrected chi connectivity index (χ2v) is 6.33. The van der Waals surface area contributed by atoms with Gasteiger partial charge in [0.1, 0.15) is 5.82 Å². The zero-order valence-electron chi connectivity index (χ0n) is 11.4. The first kappa shape index (κ1) is 14.2. The van der Waals surface area contributed by atoms with E-state index in [1.165, 1.54) is 52.5 Å². The van der Waals surface area contributed by atoms with Crippen molar-refractivity contribution < 1.29 is 14.3 Å². The number of benzene rings is 1. The molecule has 1 aromatic carbocycles. The quantitative estimate of drug-likeness (QED) is 0.912. The first-order valence-electron chi connectivity index (χ1n) is 6.97. The maximum Gasteiger partial charge on any atom is 0.261 e. The second-order valence-electron chi connectivity index (χ2n) is 5.19. The normalized spacial score (nSPS) is 14.8. The summed E-state index contributed by atoms with van der Waals surface area (Å²) in [6.07, 6.45) is 2.45. The molecule has 21 heavy (non-hydrogen) atoms. The summed E-state index contributed by atoms with van der Waals surface area (Å²) < 4.78 is 12.8. The second kappa shape index (κ2) is 5.95. The van der Waals surface area contributed by atoms with Crippen LogP contribution in [-0.4, -0.2) is 17.6 Å². The van der Waals surface area contributed by atoms with E-state index < -0.39 is 6.10 Å². The molecule has 0 spiro atoms. The van der Waals surface area contributed by atoms with Crippen molar-refractivity contribution in [2.24, 2.45) is 0 Å². The van der Waals surface area contributed by atoms with E-state index in [0.29, 0.717) is 10.4 Å². The largest absolute Gasteiger partial charge is 0.387 e. The summed E-state index contributed by atoms with van der Waals surface area (Å²) in [6.45, 7) is 0.118. The highest BCUT2D eigenvalue weighted by atomic mass is 32.1. The van der Waals surface area contributed by atoms with Crippen molar-refractivity contribution in [3.8, 4) is 0 Å². The van der Waals surface area contributed by atoms with E-state index >= 15 is 0 Å². The Morgan fingerprint density at radius 2 is 2.10 bits per heavy atom. The Morgan fingerprint density at radius 3 is 2.81 bits per heavy atom. The summed E-state index contributed by atoms with van der Waals surface area (Å²) in [5.41, 5.74) is 1.87. The summed E-state index contributed by atoms with van der Waals surface area (Å²) in [7, 11) is 0. The number of fused-ring (bicyclic) bond motifs is 1. The molecule has 0 saturated carbocycles. The van der Waals surface area contributed by atoms with Gasteiger partial charge in [0.2, 0.25) is 0 Å². The van der Waals surface area contributed by atoms with Crippen molar-refractivity contribution in [1.29, 1.82) is 0 Å². The molecule has 110 valence electrons. The van der Waals surface area contributed by atoms with E-state index in [1.807, 2.05) is 6.07 Å². The molecule has 3 rings (SSSR count). The Bertz CT molecular complexity index is 629. The predicted octanol–water partition coefficient (Wildman–Crippen LogP) is 2.84. The summed E-state index contributed by atoms with van der Waals surface area (Å²) in [5.74, 6) is -0.501. The molecule has 2 N–H and O–H groups in total. The number of amides is 1. The highest BCUT2D eigenvalue weighted by molar-refractivity contribution is 7.14. The lowest BCUT2D eigenvalue weighted by atomic mass is 10.1. The van der Waals surface area contributed by atoms with Crippen molar-refractivity contribution in [3.63, 3.8) is 0 Å².